The molecule has 0 bridgehead atoms. The fourth-order valence-electron chi connectivity index (χ4n) is 3.04. The first kappa shape index (κ1) is 19.8. The van der Waals surface area contributed by atoms with Gasteiger partial charge in [-0.05, 0) is 36.8 Å². The van der Waals surface area contributed by atoms with Gasteiger partial charge in [-0.15, -0.1) is 0 Å². The molecule has 0 aliphatic heterocycles. The highest BCUT2D eigenvalue weighted by atomic mass is 32.1. The molecular formula is C22H20N4O3S. The summed E-state index contributed by atoms with van der Waals surface area (Å²) in [7, 11) is 1.60. The monoisotopic (exact) mass is 420 g/mol. The van der Waals surface area contributed by atoms with Crippen molar-refractivity contribution in [3.63, 3.8) is 0 Å². The molecule has 0 radical (unpaired) electrons. The van der Waals surface area contributed by atoms with Gasteiger partial charge in [-0.1, -0.05) is 35.6 Å². The summed E-state index contributed by atoms with van der Waals surface area (Å²) in [5, 5.41) is 7.84. The van der Waals surface area contributed by atoms with Crippen molar-refractivity contribution in [1.82, 2.24) is 14.8 Å². The Morgan fingerprint density at radius 2 is 2.00 bits per heavy atom. The molecule has 0 aliphatic carbocycles. The molecule has 2 aromatic heterocycles. The maximum atomic E-state index is 12.3. The van der Waals surface area contributed by atoms with Gasteiger partial charge in [0.2, 0.25) is 5.91 Å². The SMILES string of the molecule is COc1cccc(-c2ccc(=O)n(CCCC(=O)Nc3nc4ccccc4s3)n2)c1. The van der Waals surface area contributed by atoms with Crippen molar-refractivity contribution in [2.75, 3.05) is 12.4 Å². The zero-order valence-corrected chi connectivity index (χ0v) is 17.2. The Bertz CT molecular complexity index is 1220. The van der Waals surface area contributed by atoms with E-state index in [0.29, 0.717) is 23.8 Å². The lowest BCUT2D eigenvalue weighted by Gasteiger charge is -2.08. The quantitative estimate of drug-likeness (QED) is 0.489. The molecule has 0 spiro atoms. The molecule has 8 heteroatoms. The van der Waals surface area contributed by atoms with Crippen LogP contribution in [0.2, 0.25) is 0 Å². The third-order valence-corrected chi connectivity index (χ3v) is 5.50. The van der Waals surface area contributed by atoms with Crippen LogP contribution in [-0.2, 0) is 11.3 Å². The van der Waals surface area contributed by atoms with Gasteiger partial charge in [-0.25, -0.2) is 9.67 Å². The van der Waals surface area contributed by atoms with Gasteiger partial charge < -0.3 is 10.1 Å². The second-order valence-corrected chi connectivity index (χ2v) is 7.68. The standard InChI is InChI=1S/C22H20N4O3S/c1-29-16-7-4-6-15(14-16)17-11-12-21(28)26(25-17)13-5-10-20(27)24-22-23-18-8-2-3-9-19(18)30-22/h2-4,6-9,11-12,14H,5,10,13H2,1H3,(H,23,24,27). The van der Waals surface area contributed by atoms with E-state index in [9.17, 15) is 9.59 Å². The number of aryl methyl sites for hydroxylation is 1. The number of fused-ring (bicyclic) bond motifs is 1. The number of amides is 1. The van der Waals surface area contributed by atoms with Crippen molar-refractivity contribution in [3.8, 4) is 17.0 Å². The van der Waals surface area contributed by atoms with Crippen molar-refractivity contribution in [3.05, 3.63) is 71.0 Å². The van der Waals surface area contributed by atoms with Crippen LogP contribution in [-0.4, -0.2) is 27.8 Å². The number of nitrogens with one attached hydrogen (secondary N) is 1. The van der Waals surface area contributed by atoms with Crippen molar-refractivity contribution in [2.45, 2.75) is 19.4 Å². The van der Waals surface area contributed by atoms with E-state index in [-0.39, 0.29) is 17.9 Å². The summed E-state index contributed by atoms with van der Waals surface area (Å²) in [4.78, 5) is 28.8. The Kier molecular flexibility index (Phi) is 5.85. The highest BCUT2D eigenvalue weighted by Crippen LogP contribution is 2.25. The van der Waals surface area contributed by atoms with Crippen LogP contribution < -0.4 is 15.6 Å². The van der Waals surface area contributed by atoms with Gasteiger partial charge >= 0.3 is 0 Å². The highest BCUT2D eigenvalue weighted by Gasteiger charge is 2.09. The van der Waals surface area contributed by atoms with Gasteiger partial charge in [-0.2, -0.15) is 5.10 Å². The topological polar surface area (TPSA) is 86.1 Å². The number of hydrogen-bond acceptors (Lipinski definition) is 6. The van der Waals surface area contributed by atoms with Crippen molar-refractivity contribution < 1.29 is 9.53 Å². The summed E-state index contributed by atoms with van der Waals surface area (Å²) >= 11 is 1.44. The predicted molar refractivity (Wildman–Crippen MR) is 118 cm³/mol. The molecule has 4 rings (SSSR count). The van der Waals surface area contributed by atoms with E-state index in [1.54, 1.807) is 13.2 Å². The Balaban J connectivity index is 1.38. The van der Waals surface area contributed by atoms with E-state index in [2.05, 4.69) is 15.4 Å². The number of thiazole rings is 1. The third kappa shape index (κ3) is 4.55. The largest absolute Gasteiger partial charge is 0.497 e. The van der Waals surface area contributed by atoms with E-state index >= 15 is 0 Å². The van der Waals surface area contributed by atoms with Crippen LogP contribution in [0.1, 0.15) is 12.8 Å². The smallest absolute Gasteiger partial charge is 0.266 e. The highest BCUT2D eigenvalue weighted by molar-refractivity contribution is 7.22. The maximum Gasteiger partial charge on any atom is 0.266 e. The zero-order valence-electron chi connectivity index (χ0n) is 16.4. The minimum Gasteiger partial charge on any atom is -0.497 e. The molecule has 0 saturated carbocycles. The lowest BCUT2D eigenvalue weighted by Crippen LogP contribution is -2.23. The summed E-state index contributed by atoms with van der Waals surface area (Å²) in [5.41, 5.74) is 2.19. The number of aromatic nitrogens is 3. The number of carbonyl (C=O) groups is 1. The molecule has 0 unspecified atom stereocenters. The minimum atomic E-state index is -0.201. The number of carbonyl (C=O) groups excluding carboxylic acids is 1. The number of para-hydroxylation sites is 1. The molecule has 2 aromatic carbocycles. The first-order valence-electron chi connectivity index (χ1n) is 9.50. The summed E-state index contributed by atoms with van der Waals surface area (Å²) in [6.07, 6.45) is 0.763. The van der Waals surface area contributed by atoms with E-state index in [1.807, 2.05) is 48.5 Å². The van der Waals surface area contributed by atoms with Crippen molar-refractivity contribution in [1.29, 1.82) is 0 Å². The summed E-state index contributed by atoms with van der Waals surface area (Å²) in [6.45, 7) is 0.351. The number of hydrogen-bond donors (Lipinski definition) is 1. The molecule has 152 valence electrons. The van der Waals surface area contributed by atoms with Gasteiger partial charge in [0.1, 0.15) is 5.75 Å². The number of benzene rings is 2. The summed E-state index contributed by atoms with van der Waals surface area (Å²) < 4.78 is 7.66. The van der Waals surface area contributed by atoms with Crippen LogP contribution in [0, 0.1) is 0 Å². The number of rotatable bonds is 7. The van der Waals surface area contributed by atoms with Gasteiger partial charge in [0.25, 0.3) is 5.56 Å². The predicted octanol–water partition coefficient (Wildman–Crippen LogP) is 3.95. The van der Waals surface area contributed by atoms with Crippen LogP contribution >= 0.6 is 11.3 Å². The number of ether oxygens (including phenoxy) is 1. The molecule has 0 atom stereocenters. The Hall–Kier alpha value is -3.52. The molecular weight excluding hydrogens is 400 g/mol. The van der Waals surface area contributed by atoms with Crippen LogP contribution in [0.3, 0.4) is 0 Å². The number of nitrogens with zero attached hydrogens (tertiary/aromatic N) is 3. The van der Waals surface area contributed by atoms with Gasteiger partial charge in [0.15, 0.2) is 5.13 Å². The Morgan fingerprint density at radius 1 is 1.13 bits per heavy atom. The van der Waals surface area contributed by atoms with Crippen molar-refractivity contribution in [2.24, 2.45) is 0 Å². The third-order valence-electron chi connectivity index (χ3n) is 4.55. The average molecular weight is 420 g/mol. The molecule has 1 amide bonds. The van der Waals surface area contributed by atoms with Gasteiger partial charge in [0.05, 0.1) is 23.0 Å². The summed E-state index contributed by atoms with van der Waals surface area (Å²) in [6, 6.07) is 18.4. The fraction of sp³-hybridized carbons (Fsp3) is 0.182. The number of anilines is 1. The Morgan fingerprint density at radius 3 is 2.83 bits per heavy atom. The van der Waals surface area contributed by atoms with Gasteiger partial charge in [0, 0.05) is 24.6 Å². The molecule has 1 N–H and O–H groups in total. The molecule has 4 aromatic rings. The molecule has 30 heavy (non-hydrogen) atoms. The molecule has 0 fully saturated rings. The van der Waals surface area contributed by atoms with Gasteiger partial charge in [-0.3, -0.25) is 9.59 Å². The minimum absolute atomic E-state index is 0.133. The lowest BCUT2D eigenvalue weighted by molar-refractivity contribution is -0.116. The van der Waals surface area contributed by atoms with Crippen LogP contribution in [0.15, 0.2) is 65.5 Å². The second-order valence-electron chi connectivity index (χ2n) is 6.65. The first-order chi connectivity index (χ1) is 14.6. The van der Waals surface area contributed by atoms with E-state index in [4.69, 9.17) is 4.74 Å². The molecule has 0 aliphatic rings. The first-order valence-corrected chi connectivity index (χ1v) is 10.3. The van der Waals surface area contributed by atoms with E-state index in [1.165, 1.54) is 22.1 Å². The Labute approximate surface area is 177 Å². The molecule has 0 saturated heterocycles. The molecule has 7 nitrogen and oxygen atoms in total. The fourth-order valence-corrected chi connectivity index (χ4v) is 3.92. The molecule has 2 heterocycles. The van der Waals surface area contributed by atoms with E-state index in [0.717, 1.165) is 21.5 Å². The maximum absolute atomic E-state index is 12.3. The number of methoxy groups -OCH3 is 1. The average Bonchev–Trinajstić information content (AvgIpc) is 3.17. The van der Waals surface area contributed by atoms with Crippen molar-refractivity contribution >= 4 is 32.6 Å². The summed E-state index contributed by atoms with van der Waals surface area (Å²) in [5.74, 6) is 0.588. The van der Waals surface area contributed by atoms with E-state index < -0.39 is 0 Å². The van der Waals surface area contributed by atoms with Crippen LogP contribution in [0.5, 0.6) is 5.75 Å². The normalized spacial score (nSPS) is 10.8. The van der Waals surface area contributed by atoms with Crippen LogP contribution in [0.25, 0.3) is 21.5 Å². The zero-order chi connectivity index (χ0) is 20.9. The van der Waals surface area contributed by atoms with Crippen LogP contribution in [0.4, 0.5) is 5.13 Å². The second kappa shape index (κ2) is 8.87. The lowest BCUT2D eigenvalue weighted by atomic mass is 10.1.